The van der Waals surface area contributed by atoms with Crippen molar-refractivity contribution in [3.63, 3.8) is 0 Å². The minimum Gasteiger partial charge on any atom is -0.387 e. The Kier molecular flexibility index (Phi) is 3.19. The molecule has 2 atom stereocenters. The quantitative estimate of drug-likeness (QED) is 0.902. The van der Waals surface area contributed by atoms with E-state index in [4.69, 9.17) is 0 Å². The predicted octanol–water partition coefficient (Wildman–Crippen LogP) is 3.56. The lowest BCUT2D eigenvalue weighted by Crippen LogP contribution is -2.38. The van der Waals surface area contributed by atoms with Gasteiger partial charge in [0.15, 0.2) is 5.78 Å². The van der Waals surface area contributed by atoms with E-state index >= 15 is 0 Å². The van der Waals surface area contributed by atoms with Gasteiger partial charge in [0, 0.05) is 5.56 Å². The molecule has 0 saturated heterocycles. The molecule has 1 aliphatic carbocycles. The third-order valence-electron chi connectivity index (χ3n) is 4.41. The Hall–Kier alpha value is -1.93. The molecule has 0 saturated carbocycles. The molecular formula is C18H18O2. The summed E-state index contributed by atoms with van der Waals surface area (Å²) in [5.41, 5.74) is 1.92. The summed E-state index contributed by atoms with van der Waals surface area (Å²) in [4.78, 5) is 12.8. The number of carbonyl (C=O) groups excluding carboxylic acids is 1. The molecule has 0 spiro atoms. The summed E-state index contributed by atoms with van der Waals surface area (Å²) < 4.78 is 0. The van der Waals surface area contributed by atoms with Gasteiger partial charge in [-0.1, -0.05) is 54.6 Å². The number of benzene rings is 2. The van der Waals surface area contributed by atoms with Crippen molar-refractivity contribution >= 4 is 5.78 Å². The van der Waals surface area contributed by atoms with Crippen molar-refractivity contribution in [2.45, 2.75) is 25.9 Å². The second kappa shape index (κ2) is 4.88. The van der Waals surface area contributed by atoms with Gasteiger partial charge in [0.25, 0.3) is 0 Å². The molecule has 2 aromatic rings. The number of hydrogen-bond donors (Lipinski definition) is 1. The summed E-state index contributed by atoms with van der Waals surface area (Å²) >= 11 is 0. The fraction of sp³-hybridized carbons (Fsp3) is 0.278. The highest BCUT2D eigenvalue weighted by molar-refractivity contribution is 6.03. The number of rotatable bonds is 2. The topological polar surface area (TPSA) is 37.3 Å². The zero-order chi connectivity index (χ0) is 14.2. The SMILES string of the molecule is C[C@]1([C@@H](O)c2ccccc2)CCc2ccccc2C1=O. The Morgan fingerprint density at radius 1 is 1.05 bits per heavy atom. The predicted molar refractivity (Wildman–Crippen MR) is 78.6 cm³/mol. The third kappa shape index (κ3) is 1.97. The minimum absolute atomic E-state index is 0.0516. The van der Waals surface area contributed by atoms with Crippen LogP contribution in [-0.2, 0) is 6.42 Å². The first-order chi connectivity index (χ1) is 9.63. The van der Waals surface area contributed by atoms with Crippen molar-refractivity contribution in [3.05, 3.63) is 71.3 Å². The fourth-order valence-electron chi connectivity index (χ4n) is 3.04. The molecular weight excluding hydrogens is 248 g/mol. The van der Waals surface area contributed by atoms with Crippen LogP contribution in [0.4, 0.5) is 0 Å². The zero-order valence-corrected chi connectivity index (χ0v) is 11.5. The van der Waals surface area contributed by atoms with Crippen LogP contribution in [0.2, 0.25) is 0 Å². The van der Waals surface area contributed by atoms with Crippen molar-refractivity contribution in [2.75, 3.05) is 0 Å². The van der Waals surface area contributed by atoms with E-state index in [0.29, 0.717) is 6.42 Å². The van der Waals surface area contributed by atoms with E-state index in [1.165, 1.54) is 0 Å². The van der Waals surface area contributed by atoms with Gasteiger partial charge in [0.2, 0.25) is 0 Å². The van der Waals surface area contributed by atoms with Gasteiger partial charge >= 0.3 is 0 Å². The molecule has 0 aliphatic heterocycles. The van der Waals surface area contributed by atoms with E-state index in [1.807, 2.05) is 61.5 Å². The maximum Gasteiger partial charge on any atom is 0.171 e. The van der Waals surface area contributed by atoms with Crippen LogP contribution in [0, 0.1) is 5.41 Å². The first-order valence-electron chi connectivity index (χ1n) is 6.98. The highest BCUT2D eigenvalue weighted by Gasteiger charge is 2.44. The maximum atomic E-state index is 12.8. The molecule has 0 aromatic heterocycles. The third-order valence-corrected chi connectivity index (χ3v) is 4.41. The molecule has 2 nitrogen and oxygen atoms in total. The minimum atomic E-state index is -0.760. The Balaban J connectivity index is 2.00. The van der Waals surface area contributed by atoms with Crippen LogP contribution < -0.4 is 0 Å². The summed E-state index contributed by atoms with van der Waals surface area (Å²) in [5, 5.41) is 10.7. The number of aryl methyl sites for hydroxylation is 1. The fourth-order valence-corrected chi connectivity index (χ4v) is 3.04. The number of aliphatic hydroxyl groups is 1. The van der Waals surface area contributed by atoms with Gasteiger partial charge in [-0.05, 0) is 30.9 Å². The first kappa shape index (κ1) is 13.1. The molecule has 0 radical (unpaired) electrons. The number of hydrogen-bond acceptors (Lipinski definition) is 2. The van der Waals surface area contributed by atoms with Gasteiger partial charge in [0.05, 0.1) is 11.5 Å². The molecule has 3 rings (SSSR count). The molecule has 0 bridgehead atoms. The van der Waals surface area contributed by atoms with Crippen LogP contribution >= 0.6 is 0 Å². The molecule has 0 unspecified atom stereocenters. The smallest absolute Gasteiger partial charge is 0.171 e. The van der Waals surface area contributed by atoms with Crippen LogP contribution in [0.5, 0.6) is 0 Å². The van der Waals surface area contributed by atoms with Gasteiger partial charge in [-0.3, -0.25) is 4.79 Å². The van der Waals surface area contributed by atoms with Crippen molar-refractivity contribution in [1.29, 1.82) is 0 Å². The highest BCUT2D eigenvalue weighted by Crippen LogP contribution is 2.44. The highest BCUT2D eigenvalue weighted by atomic mass is 16.3. The summed E-state index contributed by atoms with van der Waals surface area (Å²) in [7, 11) is 0. The van der Waals surface area contributed by atoms with E-state index in [1.54, 1.807) is 0 Å². The molecule has 1 N–H and O–H groups in total. The van der Waals surface area contributed by atoms with Gasteiger partial charge < -0.3 is 5.11 Å². The van der Waals surface area contributed by atoms with Crippen molar-refractivity contribution in [1.82, 2.24) is 0 Å². The molecule has 0 amide bonds. The Morgan fingerprint density at radius 3 is 2.45 bits per heavy atom. The van der Waals surface area contributed by atoms with E-state index in [0.717, 1.165) is 23.1 Å². The van der Waals surface area contributed by atoms with Crippen LogP contribution in [-0.4, -0.2) is 10.9 Å². The van der Waals surface area contributed by atoms with Gasteiger partial charge in [0.1, 0.15) is 0 Å². The summed E-state index contributed by atoms with van der Waals surface area (Å²) in [6.45, 7) is 1.88. The summed E-state index contributed by atoms with van der Waals surface area (Å²) in [5.74, 6) is 0.0516. The Bertz CT molecular complexity index is 633. The number of Topliss-reactive ketones (excluding diaryl/α,β-unsaturated/α-hetero) is 1. The zero-order valence-electron chi connectivity index (χ0n) is 11.5. The lowest BCUT2D eigenvalue weighted by atomic mass is 9.67. The standard InChI is InChI=1S/C18H18O2/c1-18(16(19)14-8-3-2-4-9-14)12-11-13-7-5-6-10-15(13)17(18)20/h2-10,16,19H,11-12H2,1H3/t16-,18+/m0/s1. The van der Waals surface area contributed by atoms with Crippen LogP contribution in [0.1, 0.15) is 40.9 Å². The second-order valence-electron chi connectivity index (χ2n) is 5.72. The Morgan fingerprint density at radius 2 is 1.70 bits per heavy atom. The summed E-state index contributed by atoms with van der Waals surface area (Å²) in [6.07, 6.45) is 0.755. The Labute approximate surface area is 119 Å². The first-order valence-corrected chi connectivity index (χ1v) is 6.98. The molecule has 2 heteroatoms. The number of ketones is 1. The summed E-state index contributed by atoms with van der Waals surface area (Å²) in [6, 6.07) is 17.2. The lowest BCUT2D eigenvalue weighted by molar-refractivity contribution is 0.0248. The van der Waals surface area contributed by atoms with Crippen molar-refractivity contribution in [2.24, 2.45) is 5.41 Å². The molecule has 1 aliphatic rings. The van der Waals surface area contributed by atoms with Gasteiger partial charge in [-0.15, -0.1) is 0 Å². The van der Waals surface area contributed by atoms with Crippen molar-refractivity contribution in [3.8, 4) is 0 Å². The monoisotopic (exact) mass is 266 g/mol. The molecule has 2 aromatic carbocycles. The number of carbonyl (C=O) groups is 1. The van der Waals surface area contributed by atoms with E-state index < -0.39 is 11.5 Å². The van der Waals surface area contributed by atoms with Crippen LogP contribution in [0.25, 0.3) is 0 Å². The molecule has 0 heterocycles. The van der Waals surface area contributed by atoms with Gasteiger partial charge in [-0.25, -0.2) is 0 Å². The van der Waals surface area contributed by atoms with Gasteiger partial charge in [-0.2, -0.15) is 0 Å². The second-order valence-corrected chi connectivity index (χ2v) is 5.72. The molecule has 20 heavy (non-hydrogen) atoms. The van der Waals surface area contributed by atoms with Crippen molar-refractivity contribution < 1.29 is 9.90 Å². The van der Waals surface area contributed by atoms with E-state index in [-0.39, 0.29) is 5.78 Å². The maximum absolute atomic E-state index is 12.8. The van der Waals surface area contributed by atoms with E-state index in [9.17, 15) is 9.90 Å². The number of fused-ring (bicyclic) bond motifs is 1. The largest absolute Gasteiger partial charge is 0.387 e. The number of aliphatic hydroxyl groups excluding tert-OH is 1. The average molecular weight is 266 g/mol. The normalized spacial score (nSPS) is 23.2. The molecule has 0 fully saturated rings. The van der Waals surface area contributed by atoms with E-state index in [2.05, 4.69) is 0 Å². The lowest BCUT2D eigenvalue weighted by Gasteiger charge is -2.37. The average Bonchev–Trinajstić information content (AvgIpc) is 2.51. The van der Waals surface area contributed by atoms with Crippen LogP contribution in [0.15, 0.2) is 54.6 Å². The van der Waals surface area contributed by atoms with Crippen LogP contribution in [0.3, 0.4) is 0 Å². The molecule has 102 valence electrons.